The Morgan fingerprint density at radius 2 is 1.71 bits per heavy atom. The van der Waals surface area contributed by atoms with Gasteiger partial charge in [-0.1, -0.05) is 12.1 Å². The Balaban J connectivity index is 2.64. The second-order valence-electron chi connectivity index (χ2n) is 4.82. The summed E-state index contributed by atoms with van der Waals surface area (Å²) < 4.78 is 5.19. The van der Waals surface area contributed by atoms with Crippen LogP contribution in [0.3, 0.4) is 0 Å². The lowest BCUT2D eigenvalue weighted by Crippen LogP contribution is -2.24. The lowest BCUT2D eigenvalue weighted by Gasteiger charge is -2.19. The SMILES string of the molecule is CC(C)(C)OC(=O)Cc1ccc(C(N)=O)cc1. The van der Waals surface area contributed by atoms with E-state index in [0.29, 0.717) is 5.56 Å². The van der Waals surface area contributed by atoms with Gasteiger partial charge in [0.1, 0.15) is 5.60 Å². The van der Waals surface area contributed by atoms with E-state index >= 15 is 0 Å². The number of esters is 1. The summed E-state index contributed by atoms with van der Waals surface area (Å²) in [5.74, 6) is -0.766. The highest BCUT2D eigenvalue weighted by Crippen LogP contribution is 2.10. The van der Waals surface area contributed by atoms with Gasteiger partial charge in [-0.25, -0.2) is 0 Å². The average molecular weight is 235 g/mol. The van der Waals surface area contributed by atoms with Crippen molar-refractivity contribution in [3.8, 4) is 0 Å². The number of ether oxygens (including phenoxy) is 1. The van der Waals surface area contributed by atoms with Crippen molar-refractivity contribution in [3.63, 3.8) is 0 Å². The van der Waals surface area contributed by atoms with Gasteiger partial charge in [0.15, 0.2) is 0 Å². The van der Waals surface area contributed by atoms with Crippen molar-refractivity contribution in [2.24, 2.45) is 5.73 Å². The molecule has 1 amide bonds. The molecule has 2 N–H and O–H groups in total. The van der Waals surface area contributed by atoms with E-state index in [9.17, 15) is 9.59 Å². The zero-order valence-electron chi connectivity index (χ0n) is 10.3. The number of amides is 1. The molecule has 0 aliphatic rings. The van der Waals surface area contributed by atoms with Gasteiger partial charge in [0.2, 0.25) is 5.91 Å². The van der Waals surface area contributed by atoms with Crippen molar-refractivity contribution in [2.45, 2.75) is 32.8 Å². The molecule has 0 aromatic heterocycles. The first kappa shape index (κ1) is 13.2. The molecule has 4 heteroatoms. The van der Waals surface area contributed by atoms with Crippen LogP contribution in [0, 0.1) is 0 Å². The van der Waals surface area contributed by atoms with Crippen LogP contribution >= 0.6 is 0 Å². The van der Waals surface area contributed by atoms with Crippen LogP contribution in [0.25, 0.3) is 0 Å². The van der Waals surface area contributed by atoms with E-state index in [0.717, 1.165) is 5.56 Å². The molecule has 1 aromatic rings. The first-order valence-electron chi connectivity index (χ1n) is 5.38. The van der Waals surface area contributed by atoms with Crippen LogP contribution in [0.4, 0.5) is 0 Å². The molecular weight excluding hydrogens is 218 g/mol. The summed E-state index contributed by atoms with van der Waals surface area (Å²) in [6.45, 7) is 5.46. The standard InChI is InChI=1S/C13H17NO3/c1-13(2,3)17-11(15)8-9-4-6-10(7-5-9)12(14)16/h4-7H,8H2,1-3H3,(H2,14,16). The number of hydrogen-bond donors (Lipinski definition) is 1. The zero-order valence-corrected chi connectivity index (χ0v) is 10.3. The van der Waals surface area contributed by atoms with E-state index in [1.807, 2.05) is 20.8 Å². The van der Waals surface area contributed by atoms with Crippen LogP contribution in [-0.4, -0.2) is 17.5 Å². The minimum atomic E-state index is -0.482. The third kappa shape index (κ3) is 4.68. The Morgan fingerprint density at radius 1 is 1.18 bits per heavy atom. The number of primary amides is 1. The van der Waals surface area contributed by atoms with Crippen molar-refractivity contribution in [1.29, 1.82) is 0 Å². The first-order chi connectivity index (χ1) is 7.78. The third-order valence-electron chi connectivity index (χ3n) is 2.01. The molecule has 1 rings (SSSR count). The van der Waals surface area contributed by atoms with Crippen LogP contribution in [0.5, 0.6) is 0 Å². The number of rotatable bonds is 3. The molecule has 4 nitrogen and oxygen atoms in total. The summed E-state index contributed by atoms with van der Waals surface area (Å²) in [7, 11) is 0. The highest BCUT2D eigenvalue weighted by Gasteiger charge is 2.16. The molecule has 0 spiro atoms. The van der Waals surface area contributed by atoms with Gasteiger partial charge < -0.3 is 10.5 Å². The summed E-state index contributed by atoms with van der Waals surface area (Å²) in [5, 5.41) is 0. The van der Waals surface area contributed by atoms with Gasteiger partial charge in [-0.05, 0) is 38.5 Å². The number of carbonyl (C=O) groups excluding carboxylic acids is 2. The van der Waals surface area contributed by atoms with Crippen LogP contribution in [0.15, 0.2) is 24.3 Å². The molecule has 0 heterocycles. The molecule has 0 aliphatic heterocycles. The van der Waals surface area contributed by atoms with Gasteiger partial charge in [0, 0.05) is 5.56 Å². The molecule has 0 radical (unpaired) electrons. The first-order valence-corrected chi connectivity index (χ1v) is 5.38. The Bertz CT molecular complexity index is 415. The van der Waals surface area contributed by atoms with Gasteiger partial charge in [0.05, 0.1) is 6.42 Å². The molecule has 1 aromatic carbocycles. The largest absolute Gasteiger partial charge is 0.460 e. The highest BCUT2D eigenvalue weighted by molar-refractivity contribution is 5.92. The Hall–Kier alpha value is -1.84. The molecule has 92 valence electrons. The van der Waals surface area contributed by atoms with Crippen molar-refractivity contribution >= 4 is 11.9 Å². The highest BCUT2D eigenvalue weighted by atomic mass is 16.6. The summed E-state index contributed by atoms with van der Waals surface area (Å²) in [6.07, 6.45) is 0.191. The van der Waals surface area contributed by atoms with Crippen LogP contribution in [0.2, 0.25) is 0 Å². The molecule has 0 saturated carbocycles. The van der Waals surface area contributed by atoms with Crippen molar-refractivity contribution < 1.29 is 14.3 Å². The maximum absolute atomic E-state index is 11.5. The van der Waals surface area contributed by atoms with Gasteiger partial charge in [-0.2, -0.15) is 0 Å². The Labute approximate surface area is 101 Å². The summed E-state index contributed by atoms with van der Waals surface area (Å²) >= 11 is 0. The summed E-state index contributed by atoms with van der Waals surface area (Å²) in [5.41, 5.74) is 5.86. The molecule has 0 aliphatic carbocycles. The van der Waals surface area contributed by atoms with Crippen LogP contribution in [-0.2, 0) is 16.0 Å². The second-order valence-corrected chi connectivity index (χ2v) is 4.82. The lowest BCUT2D eigenvalue weighted by molar-refractivity contribution is -0.153. The minimum absolute atomic E-state index is 0.191. The van der Waals surface area contributed by atoms with Crippen molar-refractivity contribution in [2.75, 3.05) is 0 Å². The Morgan fingerprint density at radius 3 is 2.12 bits per heavy atom. The van der Waals surface area contributed by atoms with E-state index in [1.165, 1.54) is 0 Å². The number of hydrogen-bond acceptors (Lipinski definition) is 3. The monoisotopic (exact) mass is 235 g/mol. The predicted octanol–water partition coefficient (Wildman–Crippen LogP) is 1.67. The zero-order chi connectivity index (χ0) is 13.1. The third-order valence-corrected chi connectivity index (χ3v) is 2.01. The van der Waals surface area contributed by atoms with Crippen LogP contribution in [0.1, 0.15) is 36.7 Å². The number of nitrogens with two attached hydrogens (primary N) is 1. The minimum Gasteiger partial charge on any atom is -0.460 e. The van der Waals surface area contributed by atoms with Gasteiger partial charge in [-0.15, -0.1) is 0 Å². The molecule has 17 heavy (non-hydrogen) atoms. The van der Waals surface area contributed by atoms with E-state index in [4.69, 9.17) is 10.5 Å². The van der Waals surface area contributed by atoms with E-state index in [2.05, 4.69) is 0 Å². The normalized spacial score (nSPS) is 11.0. The van der Waals surface area contributed by atoms with E-state index < -0.39 is 11.5 Å². The topological polar surface area (TPSA) is 69.4 Å². The maximum Gasteiger partial charge on any atom is 0.310 e. The average Bonchev–Trinajstić information content (AvgIpc) is 2.15. The molecule has 0 fully saturated rings. The smallest absolute Gasteiger partial charge is 0.310 e. The molecular formula is C13H17NO3. The maximum atomic E-state index is 11.5. The molecule has 0 atom stereocenters. The van der Waals surface area contributed by atoms with Gasteiger partial charge in [0.25, 0.3) is 0 Å². The molecule has 0 unspecified atom stereocenters. The van der Waals surface area contributed by atoms with Gasteiger partial charge in [-0.3, -0.25) is 9.59 Å². The second kappa shape index (κ2) is 4.99. The van der Waals surface area contributed by atoms with E-state index in [-0.39, 0.29) is 12.4 Å². The van der Waals surface area contributed by atoms with Gasteiger partial charge >= 0.3 is 5.97 Å². The fourth-order valence-corrected chi connectivity index (χ4v) is 1.33. The lowest BCUT2D eigenvalue weighted by atomic mass is 10.1. The van der Waals surface area contributed by atoms with Crippen LogP contribution < -0.4 is 5.73 Å². The summed E-state index contributed by atoms with van der Waals surface area (Å²) in [6, 6.07) is 6.60. The summed E-state index contributed by atoms with van der Waals surface area (Å²) in [4.78, 5) is 22.4. The van der Waals surface area contributed by atoms with Crippen molar-refractivity contribution in [3.05, 3.63) is 35.4 Å². The fourth-order valence-electron chi connectivity index (χ4n) is 1.33. The van der Waals surface area contributed by atoms with Crippen molar-refractivity contribution in [1.82, 2.24) is 0 Å². The van der Waals surface area contributed by atoms with E-state index in [1.54, 1.807) is 24.3 Å². The Kier molecular flexibility index (Phi) is 3.89. The number of benzene rings is 1. The fraction of sp³-hybridized carbons (Fsp3) is 0.385. The molecule has 0 saturated heterocycles. The quantitative estimate of drug-likeness (QED) is 0.810. The molecule has 0 bridgehead atoms. The number of carbonyl (C=O) groups is 2. The predicted molar refractivity (Wildman–Crippen MR) is 64.5 cm³/mol.